The summed E-state index contributed by atoms with van der Waals surface area (Å²) in [5.74, 6) is 0.795. The predicted octanol–water partition coefficient (Wildman–Crippen LogP) is 4.61. The number of pyridine rings is 1. The van der Waals surface area contributed by atoms with Gasteiger partial charge in [-0.25, -0.2) is 4.39 Å². The maximum atomic E-state index is 14.3. The molecule has 0 radical (unpaired) electrons. The summed E-state index contributed by atoms with van der Waals surface area (Å²) in [6.45, 7) is 0. The topological polar surface area (TPSA) is 31.4 Å². The average molecular weight is 346 g/mol. The fraction of sp³-hybridized carbons (Fsp3) is 0.0625. The molecule has 0 amide bonds. The van der Waals surface area contributed by atoms with Crippen LogP contribution < -0.4 is 9.47 Å². The molecule has 0 aliphatic carbocycles. The van der Waals surface area contributed by atoms with Crippen LogP contribution in [0.5, 0.6) is 11.5 Å². The van der Waals surface area contributed by atoms with Gasteiger partial charge in [0.2, 0.25) is 0 Å². The molecule has 104 valence electrons. The standard InChI is InChI=1S/C16H9BrFNO2/c17-11-4-1-5-14-15(11)21-16(20-14)10-7-9-3-2-6-19-13(9)8-12(10)18/h1-8,16H. The van der Waals surface area contributed by atoms with Crippen LogP contribution in [0.1, 0.15) is 11.9 Å². The molecule has 1 aliphatic heterocycles. The smallest absolute Gasteiger partial charge is 0.270 e. The highest BCUT2D eigenvalue weighted by Crippen LogP contribution is 2.45. The van der Waals surface area contributed by atoms with Gasteiger partial charge in [-0.1, -0.05) is 12.1 Å². The fourth-order valence-corrected chi connectivity index (χ4v) is 2.80. The number of halogens is 2. The summed E-state index contributed by atoms with van der Waals surface area (Å²) in [5.41, 5.74) is 0.967. The molecule has 4 rings (SSSR count). The van der Waals surface area contributed by atoms with Crippen LogP contribution in [0.25, 0.3) is 10.9 Å². The van der Waals surface area contributed by atoms with Crippen LogP contribution >= 0.6 is 15.9 Å². The van der Waals surface area contributed by atoms with Crippen molar-refractivity contribution in [1.82, 2.24) is 4.98 Å². The number of nitrogens with zero attached hydrogens (tertiary/aromatic N) is 1. The van der Waals surface area contributed by atoms with Crippen molar-refractivity contribution < 1.29 is 13.9 Å². The minimum atomic E-state index is -0.789. The van der Waals surface area contributed by atoms with Crippen LogP contribution in [-0.4, -0.2) is 4.98 Å². The fourth-order valence-electron chi connectivity index (χ4n) is 2.36. The van der Waals surface area contributed by atoms with Crippen molar-refractivity contribution in [3.63, 3.8) is 0 Å². The van der Waals surface area contributed by atoms with E-state index in [1.807, 2.05) is 24.3 Å². The Labute approximate surface area is 128 Å². The Morgan fingerprint density at radius 2 is 2.00 bits per heavy atom. The lowest BCUT2D eigenvalue weighted by Crippen LogP contribution is -2.10. The van der Waals surface area contributed by atoms with Crippen molar-refractivity contribution in [3.05, 3.63) is 64.5 Å². The summed E-state index contributed by atoms with van der Waals surface area (Å²) in [6.07, 6.45) is 0.847. The Kier molecular flexibility index (Phi) is 2.82. The summed E-state index contributed by atoms with van der Waals surface area (Å²) in [5, 5.41) is 0.844. The zero-order valence-corrected chi connectivity index (χ0v) is 12.3. The lowest BCUT2D eigenvalue weighted by atomic mass is 10.1. The average Bonchev–Trinajstić information content (AvgIpc) is 2.92. The van der Waals surface area contributed by atoms with E-state index in [0.717, 1.165) is 9.86 Å². The van der Waals surface area contributed by atoms with Gasteiger partial charge in [-0.05, 0) is 40.2 Å². The van der Waals surface area contributed by atoms with Crippen molar-refractivity contribution in [2.45, 2.75) is 6.29 Å². The molecule has 3 nitrogen and oxygen atoms in total. The van der Waals surface area contributed by atoms with Gasteiger partial charge in [-0.2, -0.15) is 0 Å². The van der Waals surface area contributed by atoms with E-state index in [9.17, 15) is 4.39 Å². The minimum Gasteiger partial charge on any atom is -0.446 e. The Morgan fingerprint density at radius 1 is 1.10 bits per heavy atom. The minimum absolute atomic E-state index is 0.360. The second-order valence-corrected chi connectivity index (χ2v) is 5.56. The van der Waals surface area contributed by atoms with Gasteiger partial charge in [0.1, 0.15) is 5.82 Å². The molecule has 1 unspecified atom stereocenters. The van der Waals surface area contributed by atoms with Crippen molar-refractivity contribution in [2.24, 2.45) is 0 Å². The second-order valence-electron chi connectivity index (χ2n) is 4.70. The van der Waals surface area contributed by atoms with Gasteiger partial charge in [0.25, 0.3) is 6.29 Å². The number of hydrogen-bond donors (Lipinski definition) is 0. The van der Waals surface area contributed by atoms with Crippen molar-refractivity contribution in [2.75, 3.05) is 0 Å². The van der Waals surface area contributed by atoms with Gasteiger partial charge in [-0.3, -0.25) is 4.98 Å². The first-order valence-electron chi connectivity index (χ1n) is 6.38. The Bertz CT molecular complexity index is 853. The molecule has 1 aliphatic rings. The van der Waals surface area contributed by atoms with Gasteiger partial charge in [0.05, 0.1) is 15.6 Å². The number of ether oxygens (including phenoxy) is 2. The van der Waals surface area contributed by atoms with E-state index in [2.05, 4.69) is 20.9 Å². The molecule has 3 aromatic rings. The summed E-state index contributed by atoms with van der Waals surface area (Å²) in [7, 11) is 0. The molecule has 0 saturated carbocycles. The number of hydrogen-bond acceptors (Lipinski definition) is 3. The highest BCUT2D eigenvalue weighted by Gasteiger charge is 2.30. The molecule has 2 heterocycles. The zero-order valence-electron chi connectivity index (χ0n) is 10.7. The molecule has 0 bridgehead atoms. The second kappa shape index (κ2) is 4.70. The monoisotopic (exact) mass is 345 g/mol. The number of aromatic nitrogens is 1. The van der Waals surface area contributed by atoms with Crippen LogP contribution in [0.3, 0.4) is 0 Å². The highest BCUT2D eigenvalue weighted by atomic mass is 79.9. The Balaban J connectivity index is 1.79. The van der Waals surface area contributed by atoms with Gasteiger partial charge >= 0.3 is 0 Å². The third-order valence-corrected chi connectivity index (χ3v) is 3.99. The first-order chi connectivity index (χ1) is 10.2. The number of para-hydroxylation sites is 1. The van der Waals surface area contributed by atoms with Crippen LogP contribution in [0.4, 0.5) is 4.39 Å². The van der Waals surface area contributed by atoms with E-state index in [0.29, 0.717) is 22.6 Å². The largest absolute Gasteiger partial charge is 0.446 e. The number of rotatable bonds is 1. The zero-order chi connectivity index (χ0) is 14.4. The lowest BCUT2D eigenvalue weighted by molar-refractivity contribution is 0.0452. The molecule has 1 atom stereocenters. The van der Waals surface area contributed by atoms with Crippen molar-refractivity contribution in [3.8, 4) is 11.5 Å². The molecule has 5 heteroatoms. The Morgan fingerprint density at radius 3 is 2.86 bits per heavy atom. The summed E-state index contributed by atoms with van der Waals surface area (Å²) >= 11 is 3.40. The predicted molar refractivity (Wildman–Crippen MR) is 79.8 cm³/mol. The van der Waals surface area contributed by atoms with E-state index < -0.39 is 12.1 Å². The van der Waals surface area contributed by atoms with E-state index in [-0.39, 0.29) is 0 Å². The molecule has 1 aromatic heterocycles. The molecular formula is C16H9BrFNO2. The van der Waals surface area contributed by atoms with Crippen LogP contribution in [0.2, 0.25) is 0 Å². The summed E-state index contributed by atoms with van der Waals surface area (Å²) < 4.78 is 26.5. The van der Waals surface area contributed by atoms with Crippen LogP contribution in [-0.2, 0) is 0 Å². The first kappa shape index (κ1) is 12.6. The molecule has 0 fully saturated rings. The normalized spacial score (nSPS) is 16.4. The highest BCUT2D eigenvalue weighted by molar-refractivity contribution is 9.10. The lowest BCUT2D eigenvalue weighted by Gasteiger charge is -2.12. The van der Waals surface area contributed by atoms with Crippen molar-refractivity contribution in [1.29, 1.82) is 0 Å². The van der Waals surface area contributed by atoms with Gasteiger partial charge in [0.15, 0.2) is 11.5 Å². The molecule has 0 N–H and O–H groups in total. The maximum absolute atomic E-state index is 14.3. The molecule has 21 heavy (non-hydrogen) atoms. The molecule has 0 spiro atoms. The third-order valence-electron chi connectivity index (χ3n) is 3.37. The number of benzene rings is 2. The summed E-state index contributed by atoms with van der Waals surface area (Å²) in [6, 6.07) is 12.3. The molecule has 0 saturated heterocycles. The van der Waals surface area contributed by atoms with Gasteiger partial charge in [-0.15, -0.1) is 0 Å². The van der Waals surface area contributed by atoms with E-state index in [4.69, 9.17) is 9.47 Å². The van der Waals surface area contributed by atoms with Crippen molar-refractivity contribution >= 4 is 26.8 Å². The molecular weight excluding hydrogens is 337 g/mol. The van der Waals surface area contributed by atoms with Crippen LogP contribution in [0.15, 0.2) is 53.1 Å². The van der Waals surface area contributed by atoms with E-state index in [1.54, 1.807) is 18.3 Å². The van der Waals surface area contributed by atoms with Crippen LogP contribution in [0, 0.1) is 5.82 Å². The van der Waals surface area contributed by atoms with E-state index >= 15 is 0 Å². The number of fused-ring (bicyclic) bond motifs is 2. The third kappa shape index (κ3) is 2.05. The Hall–Kier alpha value is -2.14. The maximum Gasteiger partial charge on any atom is 0.270 e. The quantitative estimate of drug-likeness (QED) is 0.645. The first-order valence-corrected chi connectivity index (χ1v) is 7.18. The van der Waals surface area contributed by atoms with E-state index in [1.165, 1.54) is 6.07 Å². The summed E-state index contributed by atoms with van der Waals surface area (Å²) in [4.78, 5) is 4.13. The van der Waals surface area contributed by atoms with Gasteiger partial charge < -0.3 is 9.47 Å². The van der Waals surface area contributed by atoms with Gasteiger partial charge in [0, 0.05) is 17.6 Å². The molecule has 2 aromatic carbocycles. The SMILES string of the molecule is Fc1cc2ncccc2cc1C1Oc2cccc(Br)c2O1.